The van der Waals surface area contributed by atoms with Crippen LogP contribution in [0, 0.1) is 11.3 Å². The Morgan fingerprint density at radius 2 is 2.11 bits per heavy atom. The van der Waals surface area contributed by atoms with Gasteiger partial charge in [-0.15, -0.1) is 0 Å². The fourth-order valence-corrected chi connectivity index (χ4v) is 4.85. The number of carbonyl (C=O) groups is 1. The number of hydrogen-bond donors (Lipinski definition) is 1. The molecule has 0 spiro atoms. The van der Waals surface area contributed by atoms with Crippen molar-refractivity contribution in [2.24, 2.45) is 0 Å². The summed E-state index contributed by atoms with van der Waals surface area (Å²) < 4.78 is 46.6. The highest BCUT2D eigenvalue weighted by Gasteiger charge is 2.38. The van der Waals surface area contributed by atoms with Gasteiger partial charge in [0.2, 0.25) is 10.0 Å². The van der Waals surface area contributed by atoms with E-state index >= 15 is 0 Å². The lowest BCUT2D eigenvalue weighted by Gasteiger charge is -2.24. The molecule has 8 nitrogen and oxygen atoms in total. The van der Waals surface area contributed by atoms with Gasteiger partial charge >= 0.3 is 5.97 Å². The Labute approximate surface area is 105 Å². The molecule has 1 heterocycles. The van der Waals surface area contributed by atoms with Crippen molar-refractivity contribution >= 4 is 25.8 Å². The molecule has 1 N–H and O–H groups in total. The van der Waals surface area contributed by atoms with E-state index in [4.69, 9.17) is 10.4 Å². The minimum atomic E-state index is -4.07. The maximum absolute atomic E-state index is 11.7. The summed E-state index contributed by atoms with van der Waals surface area (Å²) in [6, 6.07) is 0.535. The highest BCUT2D eigenvalue weighted by atomic mass is 32.2. The SMILES string of the molecule is N#CCS(=O)(=O)N(CC(=O)O)C1CCS(=O)(=O)C1. The van der Waals surface area contributed by atoms with Crippen molar-refractivity contribution in [1.29, 1.82) is 5.26 Å². The van der Waals surface area contributed by atoms with Crippen LogP contribution in [-0.4, -0.2) is 62.1 Å². The third kappa shape index (κ3) is 3.66. The Kier molecular flexibility index (Phi) is 4.31. The highest BCUT2D eigenvalue weighted by molar-refractivity contribution is 7.92. The largest absolute Gasteiger partial charge is 0.480 e. The fourth-order valence-electron chi connectivity index (χ4n) is 1.75. The van der Waals surface area contributed by atoms with Crippen LogP contribution in [0.3, 0.4) is 0 Å². The van der Waals surface area contributed by atoms with Gasteiger partial charge in [-0.05, 0) is 6.42 Å². The molecule has 18 heavy (non-hydrogen) atoms. The van der Waals surface area contributed by atoms with E-state index < -0.39 is 49.9 Å². The number of carboxylic acids is 1. The lowest BCUT2D eigenvalue weighted by atomic mass is 10.2. The number of nitrogens with zero attached hydrogens (tertiary/aromatic N) is 2. The molecular weight excluding hydrogens is 284 g/mol. The molecule has 0 aromatic rings. The average Bonchev–Trinajstić information content (AvgIpc) is 2.54. The van der Waals surface area contributed by atoms with Crippen molar-refractivity contribution in [1.82, 2.24) is 4.31 Å². The third-order valence-corrected chi connectivity index (χ3v) is 5.90. The predicted octanol–water partition coefficient (Wildman–Crippen LogP) is -1.59. The summed E-state index contributed by atoms with van der Waals surface area (Å²) in [4.78, 5) is 10.6. The van der Waals surface area contributed by atoms with Crippen molar-refractivity contribution < 1.29 is 26.7 Å². The molecule has 1 rings (SSSR count). The highest BCUT2D eigenvalue weighted by Crippen LogP contribution is 2.20. The molecule has 1 aliphatic rings. The summed E-state index contributed by atoms with van der Waals surface area (Å²) in [5.41, 5.74) is 0. The van der Waals surface area contributed by atoms with Crippen LogP contribution in [0.5, 0.6) is 0 Å². The van der Waals surface area contributed by atoms with Gasteiger partial charge in [0.25, 0.3) is 0 Å². The number of carboxylic acid groups (broad SMARTS) is 1. The number of nitriles is 1. The first kappa shape index (κ1) is 14.9. The summed E-state index contributed by atoms with van der Waals surface area (Å²) in [6.45, 7) is -0.829. The Balaban J connectivity index is 3.01. The molecule has 102 valence electrons. The number of aliphatic carboxylic acids is 1. The molecule has 0 aliphatic carbocycles. The van der Waals surface area contributed by atoms with Gasteiger partial charge in [-0.25, -0.2) is 16.8 Å². The van der Waals surface area contributed by atoms with E-state index in [-0.39, 0.29) is 12.2 Å². The second-order valence-corrected chi connectivity index (χ2v) is 8.06. The summed E-state index contributed by atoms with van der Waals surface area (Å²) in [5, 5.41) is 17.1. The topological polar surface area (TPSA) is 133 Å². The zero-order valence-electron chi connectivity index (χ0n) is 9.31. The maximum Gasteiger partial charge on any atom is 0.318 e. The molecular formula is C8H12N2O6S2. The van der Waals surface area contributed by atoms with Crippen LogP contribution in [0.25, 0.3) is 0 Å². The van der Waals surface area contributed by atoms with Gasteiger partial charge in [0.05, 0.1) is 17.6 Å². The Morgan fingerprint density at radius 3 is 2.50 bits per heavy atom. The molecule has 0 aromatic carbocycles. The number of sulfone groups is 1. The van der Waals surface area contributed by atoms with Crippen LogP contribution in [0.4, 0.5) is 0 Å². The molecule has 1 aliphatic heterocycles. The average molecular weight is 296 g/mol. The smallest absolute Gasteiger partial charge is 0.318 e. The second kappa shape index (κ2) is 5.21. The van der Waals surface area contributed by atoms with Gasteiger partial charge in [-0.1, -0.05) is 0 Å². The minimum Gasteiger partial charge on any atom is -0.480 e. The van der Waals surface area contributed by atoms with Gasteiger partial charge in [-0.3, -0.25) is 4.79 Å². The van der Waals surface area contributed by atoms with E-state index in [2.05, 4.69) is 0 Å². The standard InChI is InChI=1S/C8H12N2O6S2/c9-2-4-18(15,16)10(5-8(11)12)7-1-3-17(13,14)6-7/h7H,1,3-6H2,(H,11,12). The van der Waals surface area contributed by atoms with E-state index in [1.807, 2.05) is 0 Å². The van der Waals surface area contributed by atoms with E-state index in [9.17, 15) is 21.6 Å². The van der Waals surface area contributed by atoms with Crippen molar-refractivity contribution in [3.63, 3.8) is 0 Å². The van der Waals surface area contributed by atoms with Crippen LogP contribution in [0.1, 0.15) is 6.42 Å². The quantitative estimate of drug-likeness (QED) is 0.646. The van der Waals surface area contributed by atoms with Crippen molar-refractivity contribution in [2.45, 2.75) is 12.5 Å². The van der Waals surface area contributed by atoms with Crippen LogP contribution < -0.4 is 0 Å². The second-order valence-electron chi connectivity index (χ2n) is 3.91. The maximum atomic E-state index is 11.7. The zero-order valence-corrected chi connectivity index (χ0v) is 10.9. The Morgan fingerprint density at radius 1 is 1.50 bits per heavy atom. The molecule has 0 amide bonds. The third-order valence-electron chi connectivity index (χ3n) is 2.51. The van der Waals surface area contributed by atoms with Crippen molar-refractivity contribution in [2.75, 3.05) is 23.8 Å². The minimum absolute atomic E-state index is 0.0558. The first-order valence-electron chi connectivity index (χ1n) is 4.96. The van der Waals surface area contributed by atoms with Crippen LogP contribution in [0.15, 0.2) is 0 Å². The van der Waals surface area contributed by atoms with Gasteiger partial charge in [0.1, 0.15) is 6.54 Å². The van der Waals surface area contributed by atoms with Crippen molar-refractivity contribution in [3.8, 4) is 6.07 Å². The first-order chi connectivity index (χ1) is 8.18. The number of sulfonamides is 1. The van der Waals surface area contributed by atoms with E-state index in [1.165, 1.54) is 6.07 Å². The Hall–Kier alpha value is -1.18. The van der Waals surface area contributed by atoms with Crippen LogP contribution in [-0.2, 0) is 24.7 Å². The molecule has 0 radical (unpaired) electrons. The van der Waals surface area contributed by atoms with Gasteiger partial charge in [0.15, 0.2) is 15.6 Å². The monoisotopic (exact) mass is 296 g/mol. The molecule has 1 atom stereocenters. The molecule has 10 heteroatoms. The van der Waals surface area contributed by atoms with E-state index in [1.54, 1.807) is 0 Å². The predicted molar refractivity (Wildman–Crippen MR) is 60.8 cm³/mol. The lowest BCUT2D eigenvalue weighted by Crippen LogP contribution is -2.45. The Bertz CT molecular complexity index is 573. The number of hydrogen-bond acceptors (Lipinski definition) is 6. The molecule has 0 saturated carbocycles. The van der Waals surface area contributed by atoms with Gasteiger partial charge < -0.3 is 5.11 Å². The molecule has 1 fully saturated rings. The van der Waals surface area contributed by atoms with E-state index in [0.29, 0.717) is 4.31 Å². The fraction of sp³-hybridized carbons (Fsp3) is 0.750. The first-order valence-corrected chi connectivity index (χ1v) is 8.40. The zero-order chi connectivity index (χ0) is 14.0. The van der Waals surface area contributed by atoms with Crippen LogP contribution in [0.2, 0.25) is 0 Å². The number of rotatable bonds is 5. The van der Waals surface area contributed by atoms with Gasteiger partial charge in [-0.2, -0.15) is 9.57 Å². The van der Waals surface area contributed by atoms with Crippen molar-refractivity contribution in [3.05, 3.63) is 0 Å². The molecule has 1 saturated heterocycles. The normalized spacial score (nSPS) is 22.8. The molecule has 0 aromatic heterocycles. The molecule has 0 bridgehead atoms. The summed E-state index contributed by atoms with van der Waals surface area (Å²) in [5.74, 6) is -2.82. The van der Waals surface area contributed by atoms with E-state index in [0.717, 1.165) is 0 Å². The van der Waals surface area contributed by atoms with Gasteiger partial charge in [0, 0.05) is 6.04 Å². The summed E-state index contributed by atoms with van der Waals surface area (Å²) in [7, 11) is -7.41. The summed E-state index contributed by atoms with van der Waals surface area (Å²) in [6.07, 6.45) is 0.0558. The lowest BCUT2D eigenvalue weighted by molar-refractivity contribution is -0.137. The van der Waals surface area contributed by atoms with Crippen LogP contribution >= 0.6 is 0 Å². The molecule has 1 unspecified atom stereocenters. The summed E-state index contributed by atoms with van der Waals surface area (Å²) >= 11 is 0.